The Bertz CT molecular complexity index is 920. The van der Waals surface area contributed by atoms with E-state index in [4.69, 9.17) is 0 Å². The fraction of sp³-hybridized carbons (Fsp3) is 0.667. The van der Waals surface area contributed by atoms with Gasteiger partial charge in [-0.05, 0) is 13.3 Å². The molecule has 9 nitrogen and oxygen atoms in total. The number of fused-ring (bicyclic) bond motifs is 1. The Morgan fingerprint density at radius 3 is 2.78 bits per heavy atom. The number of aromatic nitrogens is 2. The summed E-state index contributed by atoms with van der Waals surface area (Å²) >= 11 is 1.57. The number of carbonyl (C=O) groups is 2. The second kappa shape index (κ2) is 9.72. The van der Waals surface area contributed by atoms with Gasteiger partial charge in [-0.2, -0.15) is 0 Å². The quantitative estimate of drug-likeness (QED) is 0.226. The van der Waals surface area contributed by atoms with Crippen molar-refractivity contribution in [2.24, 2.45) is 18.9 Å². The highest BCUT2D eigenvalue weighted by Gasteiger charge is 2.60. The number of aryl methyl sites for hydroxylation is 2. The molecule has 4 heterocycles. The second-order valence-electron chi connectivity index (χ2n) is 8.82. The fourth-order valence-electron chi connectivity index (χ4n) is 5.21. The minimum Gasteiger partial charge on any atom is -1.00 e. The number of β-lactam (4-membered cyclic amide) rings is 1. The molecule has 4 N–H and O–H groups in total. The number of aliphatic carboxylic acids is 1. The Morgan fingerprint density at radius 1 is 1.44 bits per heavy atom. The maximum absolute atomic E-state index is 12.5. The molecule has 0 spiro atoms. The lowest BCUT2D eigenvalue weighted by molar-refractivity contribution is -0.706. The summed E-state index contributed by atoms with van der Waals surface area (Å²) < 4.78 is 3.96. The number of thioether (sulfide) groups is 1. The molecule has 1 aromatic heterocycles. The molecule has 1 aromatic rings. The Labute approximate surface area is 197 Å². The predicted octanol–water partition coefficient (Wildman–Crippen LogP) is -3.18. The molecule has 3 aliphatic rings. The van der Waals surface area contributed by atoms with E-state index in [1.165, 1.54) is 4.90 Å². The van der Waals surface area contributed by atoms with Gasteiger partial charge >= 0.3 is 5.97 Å². The number of carboxylic acid groups (broad SMARTS) is 1. The van der Waals surface area contributed by atoms with Crippen molar-refractivity contribution in [2.75, 3.05) is 6.54 Å². The fourth-order valence-corrected chi connectivity index (χ4v) is 6.72. The van der Waals surface area contributed by atoms with Crippen LogP contribution in [0.5, 0.6) is 0 Å². The molecule has 3 aliphatic heterocycles. The number of rotatable bonds is 8. The number of carbonyl (C=O) groups excluding carboxylic acids is 1. The van der Waals surface area contributed by atoms with Crippen LogP contribution in [-0.2, 0) is 29.8 Å². The van der Waals surface area contributed by atoms with Crippen LogP contribution in [0.3, 0.4) is 0 Å². The molecule has 0 unspecified atom stereocenters. The smallest absolute Gasteiger partial charge is 0.353 e. The zero-order chi connectivity index (χ0) is 22.4. The SMILES string of the molecule is C[C@@H](O)[C@H]1C(=O)N2C(C(=O)O)=C(S[C@@H]3CN[C@H](CC[n+]4ccn(C)c4CO)C3)[C@H](C)[C@H]12.[Cl-]. The third-order valence-corrected chi connectivity index (χ3v) is 8.37. The van der Waals surface area contributed by atoms with Gasteiger partial charge < -0.3 is 37.9 Å². The maximum atomic E-state index is 12.5. The summed E-state index contributed by atoms with van der Waals surface area (Å²) in [4.78, 5) is 26.6. The molecule has 2 fully saturated rings. The molecule has 1 amide bonds. The number of aliphatic hydroxyl groups is 2. The molecule has 6 atom stereocenters. The van der Waals surface area contributed by atoms with Crippen molar-refractivity contribution in [3.05, 3.63) is 28.8 Å². The van der Waals surface area contributed by atoms with Gasteiger partial charge in [0.1, 0.15) is 24.7 Å². The van der Waals surface area contributed by atoms with Crippen LogP contribution >= 0.6 is 11.8 Å². The first-order valence-corrected chi connectivity index (χ1v) is 11.7. The van der Waals surface area contributed by atoms with Gasteiger partial charge in [0, 0.05) is 35.1 Å². The first-order valence-electron chi connectivity index (χ1n) is 10.8. The number of halogens is 1. The average Bonchev–Trinajstić information content (AvgIpc) is 3.36. The molecule has 178 valence electrons. The average molecular weight is 487 g/mol. The molecule has 0 saturated carbocycles. The van der Waals surface area contributed by atoms with Crippen LogP contribution in [0.25, 0.3) is 0 Å². The van der Waals surface area contributed by atoms with Crippen LogP contribution in [0.2, 0.25) is 0 Å². The van der Waals surface area contributed by atoms with E-state index < -0.39 is 18.0 Å². The second-order valence-corrected chi connectivity index (χ2v) is 10.2. The molecular formula is C21H31ClN4O5S. The van der Waals surface area contributed by atoms with Gasteiger partial charge in [0.2, 0.25) is 5.91 Å². The molecular weight excluding hydrogens is 456 g/mol. The van der Waals surface area contributed by atoms with E-state index in [1.807, 2.05) is 30.9 Å². The third kappa shape index (κ3) is 4.19. The van der Waals surface area contributed by atoms with Crippen LogP contribution in [0.1, 0.15) is 32.5 Å². The summed E-state index contributed by atoms with van der Waals surface area (Å²) in [5, 5.41) is 33.1. The van der Waals surface area contributed by atoms with Gasteiger partial charge in [0.25, 0.3) is 5.82 Å². The molecule has 0 aromatic carbocycles. The van der Waals surface area contributed by atoms with E-state index in [-0.39, 0.29) is 47.8 Å². The van der Waals surface area contributed by atoms with Crippen LogP contribution in [0.4, 0.5) is 0 Å². The number of hydrogen-bond donors (Lipinski definition) is 4. The Balaban J connectivity index is 0.00000289. The van der Waals surface area contributed by atoms with E-state index >= 15 is 0 Å². The van der Waals surface area contributed by atoms with E-state index in [9.17, 15) is 24.9 Å². The Kier molecular flexibility index (Phi) is 7.61. The number of carboxylic acids is 1. The largest absolute Gasteiger partial charge is 1.00 e. The van der Waals surface area contributed by atoms with E-state index in [2.05, 4.69) is 9.88 Å². The molecule has 4 rings (SSSR count). The van der Waals surface area contributed by atoms with Gasteiger partial charge in [-0.15, -0.1) is 11.8 Å². The van der Waals surface area contributed by atoms with E-state index in [0.29, 0.717) is 6.04 Å². The molecule has 32 heavy (non-hydrogen) atoms. The number of hydrogen-bond acceptors (Lipinski definition) is 6. The zero-order valence-corrected chi connectivity index (χ0v) is 20.0. The van der Waals surface area contributed by atoms with Gasteiger partial charge in [0.05, 0.1) is 31.7 Å². The molecule has 0 aliphatic carbocycles. The standard InChI is InChI=1S/C21H30N4O5S.ClH/c1-11-17-16(12(2)27)20(28)25(17)18(21(29)30)19(11)31-14-8-13(22-9-14)4-5-24-7-6-23(3)15(24)10-26;/h6-7,11-14,16-17,22,26-27H,4-5,8-10H2,1-3H3;1H/t11-,12-,13-,14+,16-,17-;/m1./s1. The number of aliphatic hydroxyl groups excluding tert-OH is 2. The number of imidazole rings is 1. The summed E-state index contributed by atoms with van der Waals surface area (Å²) in [6.07, 6.45) is 4.94. The van der Waals surface area contributed by atoms with Crippen molar-refractivity contribution in [1.82, 2.24) is 14.8 Å². The number of nitrogens with one attached hydrogen (secondary N) is 1. The molecule has 0 radical (unpaired) electrons. The van der Waals surface area contributed by atoms with Gasteiger partial charge in [-0.25, -0.2) is 13.9 Å². The third-order valence-electron chi connectivity index (χ3n) is 6.86. The van der Waals surface area contributed by atoms with Crippen molar-refractivity contribution in [3.8, 4) is 0 Å². The van der Waals surface area contributed by atoms with Gasteiger partial charge in [-0.1, -0.05) is 6.92 Å². The van der Waals surface area contributed by atoms with Crippen molar-refractivity contribution in [1.29, 1.82) is 0 Å². The van der Waals surface area contributed by atoms with E-state index in [0.717, 1.165) is 36.7 Å². The Morgan fingerprint density at radius 2 is 2.16 bits per heavy atom. The van der Waals surface area contributed by atoms with Crippen molar-refractivity contribution in [2.45, 2.75) is 63.3 Å². The lowest BCUT2D eigenvalue weighted by Crippen LogP contribution is -3.00. The van der Waals surface area contributed by atoms with Gasteiger partial charge in [0.15, 0.2) is 0 Å². The predicted molar refractivity (Wildman–Crippen MR) is 114 cm³/mol. The summed E-state index contributed by atoms with van der Waals surface area (Å²) in [5.41, 5.74) is 0.0975. The molecule has 11 heteroatoms. The summed E-state index contributed by atoms with van der Waals surface area (Å²) in [6, 6.07) is 0.0452. The highest BCUT2D eigenvalue weighted by atomic mass is 35.5. The van der Waals surface area contributed by atoms with Crippen LogP contribution in [0.15, 0.2) is 23.0 Å². The summed E-state index contributed by atoms with van der Waals surface area (Å²) in [7, 11) is 1.91. The summed E-state index contributed by atoms with van der Waals surface area (Å²) in [6.45, 7) is 5.12. The van der Waals surface area contributed by atoms with Crippen LogP contribution < -0.4 is 22.3 Å². The highest BCUT2D eigenvalue weighted by molar-refractivity contribution is 8.03. The highest BCUT2D eigenvalue weighted by Crippen LogP contribution is 2.51. The van der Waals surface area contributed by atoms with Crippen LogP contribution in [-0.4, -0.2) is 66.6 Å². The number of nitrogens with zero attached hydrogens (tertiary/aromatic N) is 3. The van der Waals surface area contributed by atoms with Crippen molar-refractivity contribution >= 4 is 23.6 Å². The first kappa shape index (κ1) is 25.0. The first-order chi connectivity index (χ1) is 14.7. The van der Waals surface area contributed by atoms with Crippen LogP contribution in [0, 0.1) is 11.8 Å². The lowest BCUT2D eigenvalue weighted by atomic mass is 9.79. The Hall–Kier alpha value is -1.59. The zero-order valence-electron chi connectivity index (χ0n) is 18.4. The van der Waals surface area contributed by atoms with Crippen molar-refractivity contribution in [3.63, 3.8) is 0 Å². The number of amides is 1. The van der Waals surface area contributed by atoms with E-state index in [1.54, 1.807) is 18.7 Å². The van der Waals surface area contributed by atoms with Gasteiger partial charge in [-0.3, -0.25) is 4.79 Å². The normalized spacial score (nSPS) is 30.2. The minimum atomic E-state index is -1.08. The summed E-state index contributed by atoms with van der Waals surface area (Å²) in [5.74, 6) is -1.13. The maximum Gasteiger partial charge on any atom is 0.353 e. The minimum absolute atomic E-state index is 0. The molecule has 0 bridgehead atoms. The van der Waals surface area contributed by atoms with Crippen molar-refractivity contribution < 1.29 is 41.9 Å². The monoisotopic (exact) mass is 486 g/mol. The molecule has 2 saturated heterocycles. The lowest BCUT2D eigenvalue weighted by Gasteiger charge is -2.46. The topological polar surface area (TPSA) is 119 Å².